The van der Waals surface area contributed by atoms with E-state index in [1.807, 2.05) is 0 Å². The molecule has 0 bridgehead atoms. The average Bonchev–Trinajstić information content (AvgIpc) is 2.41. The summed E-state index contributed by atoms with van der Waals surface area (Å²) in [6, 6.07) is 5.10. The first kappa shape index (κ1) is 14.7. The van der Waals surface area contributed by atoms with Crippen molar-refractivity contribution in [3.05, 3.63) is 28.8 Å². The van der Waals surface area contributed by atoms with Crippen molar-refractivity contribution in [3.8, 4) is 0 Å². The van der Waals surface area contributed by atoms with Crippen molar-refractivity contribution in [1.29, 1.82) is 0 Å². The standard InChI is InChI=1S/C14H18ClN3O2/c1-14(2)13(20)17-6-7-18(14)12(19)10-8-9(15)4-5-11(10)16-3/h4-5,8,16H,6-7H2,1-3H3,(H,17,20). The van der Waals surface area contributed by atoms with E-state index in [0.29, 0.717) is 29.4 Å². The summed E-state index contributed by atoms with van der Waals surface area (Å²) < 4.78 is 0. The normalized spacial score (nSPS) is 17.6. The lowest BCUT2D eigenvalue weighted by Gasteiger charge is -2.41. The second-order valence-corrected chi connectivity index (χ2v) is 5.65. The van der Waals surface area contributed by atoms with Gasteiger partial charge in [-0.2, -0.15) is 0 Å². The number of halogens is 1. The highest BCUT2D eigenvalue weighted by Gasteiger charge is 2.41. The van der Waals surface area contributed by atoms with Gasteiger partial charge in [-0.25, -0.2) is 0 Å². The van der Waals surface area contributed by atoms with Crippen LogP contribution >= 0.6 is 11.6 Å². The Kier molecular flexibility index (Phi) is 3.90. The number of anilines is 1. The van der Waals surface area contributed by atoms with Gasteiger partial charge in [0.2, 0.25) is 5.91 Å². The van der Waals surface area contributed by atoms with Gasteiger partial charge in [0.1, 0.15) is 5.54 Å². The first-order valence-corrected chi connectivity index (χ1v) is 6.83. The molecule has 1 heterocycles. The van der Waals surface area contributed by atoms with Crippen molar-refractivity contribution < 1.29 is 9.59 Å². The van der Waals surface area contributed by atoms with Crippen LogP contribution in [0.2, 0.25) is 5.02 Å². The molecule has 20 heavy (non-hydrogen) atoms. The number of hydrogen-bond donors (Lipinski definition) is 2. The summed E-state index contributed by atoms with van der Waals surface area (Å²) in [6.07, 6.45) is 0. The van der Waals surface area contributed by atoms with E-state index in [4.69, 9.17) is 11.6 Å². The van der Waals surface area contributed by atoms with E-state index in [0.717, 1.165) is 0 Å². The summed E-state index contributed by atoms with van der Waals surface area (Å²) in [5.74, 6) is -0.346. The molecule has 2 rings (SSSR count). The molecule has 1 aliphatic heterocycles. The monoisotopic (exact) mass is 295 g/mol. The molecule has 5 nitrogen and oxygen atoms in total. The SMILES string of the molecule is CNc1ccc(Cl)cc1C(=O)N1CCNC(=O)C1(C)C. The van der Waals surface area contributed by atoms with Crippen LogP contribution in [0.1, 0.15) is 24.2 Å². The molecular weight excluding hydrogens is 278 g/mol. The zero-order chi connectivity index (χ0) is 14.9. The quantitative estimate of drug-likeness (QED) is 0.873. The Bertz CT molecular complexity index is 557. The van der Waals surface area contributed by atoms with Gasteiger partial charge in [-0.1, -0.05) is 11.6 Å². The summed E-state index contributed by atoms with van der Waals surface area (Å²) in [5, 5.41) is 6.24. The minimum atomic E-state index is -0.872. The molecule has 0 spiro atoms. The van der Waals surface area contributed by atoms with Crippen LogP contribution in [0.25, 0.3) is 0 Å². The van der Waals surface area contributed by atoms with Gasteiger partial charge in [-0.15, -0.1) is 0 Å². The number of carbonyl (C=O) groups is 2. The summed E-state index contributed by atoms with van der Waals surface area (Å²) in [4.78, 5) is 26.3. The minimum absolute atomic E-state index is 0.148. The van der Waals surface area contributed by atoms with Crippen molar-refractivity contribution in [1.82, 2.24) is 10.2 Å². The highest BCUT2D eigenvalue weighted by Crippen LogP contribution is 2.26. The van der Waals surface area contributed by atoms with Crippen molar-refractivity contribution in [2.45, 2.75) is 19.4 Å². The molecule has 1 aliphatic rings. The van der Waals surface area contributed by atoms with Crippen LogP contribution in [0, 0.1) is 0 Å². The molecule has 108 valence electrons. The maximum absolute atomic E-state index is 12.7. The molecule has 0 atom stereocenters. The van der Waals surface area contributed by atoms with E-state index in [1.54, 1.807) is 44.0 Å². The van der Waals surface area contributed by atoms with Crippen molar-refractivity contribution in [2.75, 3.05) is 25.5 Å². The fraction of sp³-hybridized carbons (Fsp3) is 0.429. The highest BCUT2D eigenvalue weighted by molar-refractivity contribution is 6.31. The molecule has 0 radical (unpaired) electrons. The lowest BCUT2D eigenvalue weighted by atomic mass is 9.97. The average molecular weight is 296 g/mol. The highest BCUT2D eigenvalue weighted by atomic mass is 35.5. The van der Waals surface area contributed by atoms with Crippen molar-refractivity contribution in [3.63, 3.8) is 0 Å². The number of benzene rings is 1. The van der Waals surface area contributed by atoms with E-state index in [1.165, 1.54) is 0 Å². The van der Waals surface area contributed by atoms with E-state index in [2.05, 4.69) is 10.6 Å². The first-order valence-electron chi connectivity index (χ1n) is 6.45. The summed E-state index contributed by atoms with van der Waals surface area (Å²) in [6.45, 7) is 4.42. The second-order valence-electron chi connectivity index (χ2n) is 5.21. The van der Waals surface area contributed by atoms with Gasteiger partial charge in [0.15, 0.2) is 0 Å². The molecule has 0 aliphatic carbocycles. The van der Waals surface area contributed by atoms with Crippen LogP contribution in [0.3, 0.4) is 0 Å². The molecule has 1 fully saturated rings. The fourth-order valence-corrected chi connectivity index (χ4v) is 2.48. The third kappa shape index (κ3) is 2.45. The Morgan fingerprint density at radius 3 is 2.80 bits per heavy atom. The number of hydrogen-bond acceptors (Lipinski definition) is 3. The molecule has 2 N–H and O–H groups in total. The van der Waals surface area contributed by atoms with Gasteiger partial charge >= 0.3 is 0 Å². The predicted molar refractivity (Wildman–Crippen MR) is 79.1 cm³/mol. The van der Waals surface area contributed by atoms with Crippen LogP contribution in [0.4, 0.5) is 5.69 Å². The third-order valence-electron chi connectivity index (χ3n) is 3.58. The van der Waals surface area contributed by atoms with Gasteiger partial charge in [-0.05, 0) is 32.0 Å². The molecule has 1 aromatic rings. The third-order valence-corrected chi connectivity index (χ3v) is 3.81. The van der Waals surface area contributed by atoms with Crippen LogP contribution < -0.4 is 10.6 Å². The summed E-state index contributed by atoms with van der Waals surface area (Å²) >= 11 is 5.98. The number of rotatable bonds is 2. The van der Waals surface area contributed by atoms with E-state index in [-0.39, 0.29) is 11.8 Å². The van der Waals surface area contributed by atoms with Crippen LogP contribution in [-0.4, -0.2) is 42.4 Å². The number of piperazine rings is 1. The lowest BCUT2D eigenvalue weighted by molar-refractivity contribution is -0.133. The van der Waals surface area contributed by atoms with Crippen LogP contribution in [0.15, 0.2) is 18.2 Å². The number of carbonyl (C=O) groups excluding carboxylic acids is 2. The summed E-state index contributed by atoms with van der Waals surface area (Å²) in [5.41, 5.74) is 0.298. The van der Waals surface area contributed by atoms with Gasteiger partial charge < -0.3 is 15.5 Å². The zero-order valence-electron chi connectivity index (χ0n) is 11.8. The number of nitrogens with zero attached hydrogens (tertiary/aromatic N) is 1. The zero-order valence-corrected chi connectivity index (χ0v) is 12.5. The molecule has 0 saturated carbocycles. The smallest absolute Gasteiger partial charge is 0.256 e. The fourth-order valence-electron chi connectivity index (χ4n) is 2.31. The number of nitrogens with one attached hydrogen (secondary N) is 2. The topological polar surface area (TPSA) is 61.4 Å². The molecule has 2 amide bonds. The summed E-state index contributed by atoms with van der Waals surface area (Å²) in [7, 11) is 1.74. The molecule has 1 aromatic carbocycles. The predicted octanol–water partition coefficient (Wildman–Crippen LogP) is 1.73. The second kappa shape index (κ2) is 5.32. The van der Waals surface area contributed by atoms with Crippen LogP contribution in [-0.2, 0) is 4.79 Å². The largest absolute Gasteiger partial charge is 0.387 e. The van der Waals surface area contributed by atoms with E-state index < -0.39 is 5.54 Å². The Balaban J connectivity index is 2.40. The van der Waals surface area contributed by atoms with Crippen LogP contribution in [0.5, 0.6) is 0 Å². The van der Waals surface area contributed by atoms with Crippen molar-refractivity contribution >= 4 is 29.1 Å². The molecule has 6 heteroatoms. The molecular formula is C14H18ClN3O2. The van der Waals surface area contributed by atoms with E-state index in [9.17, 15) is 9.59 Å². The maximum atomic E-state index is 12.7. The Labute approximate surface area is 123 Å². The van der Waals surface area contributed by atoms with Gasteiger partial charge in [0, 0.05) is 30.8 Å². The first-order chi connectivity index (χ1) is 9.37. The van der Waals surface area contributed by atoms with Gasteiger partial charge in [0.25, 0.3) is 5.91 Å². The Morgan fingerprint density at radius 2 is 2.15 bits per heavy atom. The number of amides is 2. The minimum Gasteiger partial charge on any atom is -0.387 e. The Morgan fingerprint density at radius 1 is 1.45 bits per heavy atom. The van der Waals surface area contributed by atoms with Gasteiger partial charge in [-0.3, -0.25) is 9.59 Å². The van der Waals surface area contributed by atoms with E-state index >= 15 is 0 Å². The molecule has 0 unspecified atom stereocenters. The van der Waals surface area contributed by atoms with Gasteiger partial charge in [0.05, 0.1) is 5.56 Å². The Hall–Kier alpha value is -1.75. The maximum Gasteiger partial charge on any atom is 0.256 e. The van der Waals surface area contributed by atoms with Crippen molar-refractivity contribution in [2.24, 2.45) is 0 Å². The molecule has 0 aromatic heterocycles. The lowest BCUT2D eigenvalue weighted by Crippen LogP contribution is -2.63. The molecule has 1 saturated heterocycles.